The lowest BCUT2D eigenvalue weighted by atomic mass is 9.80. The number of hydrogen-bond donors (Lipinski definition) is 2. The number of H-pyrrole nitrogens is 1. The normalized spacial score (nSPS) is 16.5. The maximum absolute atomic E-state index is 14.5. The molecule has 0 bridgehead atoms. The van der Waals surface area contributed by atoms with E-state index < -0.39 is 17.7 Å². The van der Waals surface area contributed by atoms with Gasteiger partial charge < -0.3 is 10.2 Å². The minimum Gasteiger partial charge on any atom is -0.338 e. The molecule has 0 radical (unpaired) electrons. The van der Waals surface area contributed by atoms with Gasteiger partial charge >= 0.3 is 0 Å². The number of carbonyl (C=O) groups is 1. The van der Waals surface area contributed by atoms with Crippen LogP contribution < -0.4 is 5.32 Å². The number of alkyl halides is 2. The number of rotatable bonds is 5. The fourth-order valence-corrected chi connectivity index (χ4v) is 4.67. The van der Waals surface area contributed by atoms with Crippen LogP contribution in [-0.4, -0.2) is 36.9 Å². The number of nitrogens with zero attached hydrogens (tertiary/aromatic N) is 4. The van der Waals surface area contributed by atoms with Gasteiger partial charge in [-0.1, -0.05) is 24.3 Å². The van der Waals surface area contributed by atoms with Crippen LogP contribution in [0, 0.1) is 11.7 Å². The molecule has 1 fully saturated rings. The van der Waals surface area contributed by atoms with Crippen LogP contribution in [0.5, 0.6) is 0 Å². The van der Waals surface area contributed by atoms with Crippen LogP contribution in [0.15, 0.2) is 61.1 Å². The van der Waals surface area contributed by atoms with Gasteiger partial charge in [-0.25, -0.2) is 23.1 Å². The van der Waals surface area contributed by atoms with E-state index in [1.165, 1.54) is 0 Å². The highest BCUT2D eigenvalue weighted by molar-refractivity contribution is 5.81. The highest BCUT2D eigenvalue weighted by Crippen LogP contribution is 2.44. The fourth-order valence-electron chi connectivity index (χ4n) is 4.67. The molecule has 36 heavy (non-hydrogen) atoms. The molecule has 7 nitrogen and oxygen atoms in total. The molecule has 0 spiro atoms. The lowest BCUT2D eigenvalue weighted by Crippen LogP contribution is -2.45. The lowest BCUT2D eigenvalue weighted by molar-refractivity contribution is -0.160. The van der Waals surface area contributed by atoms with Crippen LogP contribution in [0.25, 0.3) is 22.5 Å². The summed E-state index contributed by atoms with van der Waals surface area (Å²) in [6, 6.07) is 13.0. The van der Waals surface area contributed by atoms with Crippen LogP contribution in [0.4, 0.5) is 24.7 Å². The maximum atomic E-state index is 14.5. The molecule has 2 aromatic heterocycles. The van der Waals surface area contributed by atoms with Crippen molar-refractivity contribution in [1.29, 1.82) is 0 Å². The summed E-state index contributed by atoms with van der Waals surface area (Å²) >= 11 is 0. The first-order chi connectivity index (χ1) is 17.3. The summed E-state index contributed by atoms with van der Waals surface area (Å²) in [5, 5.41) is 9.71. The summed E-state index contributed by atoms with van der Waals surface area (Å²) in [6.07, 6.45) is 3.86. The SMILES string of the molecule is O=C(C1CC(F)(F)C1)N1Cc2ccc(-c3ncc(F)c(Nc4ccc(-c5cn[nH]c5)cc4)n3)cc2C1. The molecule has 0 atom stereocenters. The summed E-state index contributed by atoms with van der Waals surface area (Å²) in [5.74, 6) is -3.79. The molecule has 4 aromatic rings. The van der Waals surface area contributed by atoms with Crippen molar-refractivity contribution in [3.63, 3.8) is 0 Å². The minimum atomic E-state index is -2.73. The van der Waals surface area contributed by atoms with E-state index in [1.807, 2.05) is 42.5 Å². The lowest BCUT2D eigenvalue weighted by Gasteiger charge is -2.36. The Kier molecular flexibility index (Phi) is 5.24. The molecule has 2 aromatic carbocycles. The second-order valence-corrected chi connectivity index (χ2v) is 9.22. The van der Waals surface area contributed by atoms with E-state index in [9.17, 15) is 18.0 Å². The first kappa shape index (κ1) is 22.3. The Bertz CT molecular complexity index is 1430. The molecule has 6 rings (SSSR count). The van der Waals surface area contributed by atoms with E-state index in [1.54, 1.807) is 17.3 Å². The van der Waals surface area contributed by atoms with Crippen molar-refractivity contribution in [2.75, 3.05) is 5.32 Å². The Morgan fingerprint density at radius 1 is 1.00 bits per heavy atom. The fraction of sp³-hybridized carbons (Fsp3) is 0.231. The third kappa shape index (κ3) is 4.19. The second kappa shape index (κ2) is 8.47. The number of halogens is 3. The van der Waals surface area contributed by atoms with Gasteiger partial charge in [-0.3, -0.25) is 9.89 Å². The molecule has 1 amide bonds. The molecule has 0 saturated heterocycles. The number of amides is 1. The number of hydrogen-bond acceptors (Lipinski definition) is 5. The van der Waals surface area contributed by atoms with Crippen molar-refractivity contribution >= 4 is 17.4 Å². The summed E-state index contributed by atoms with van der Waals surface area (Å²) in [4.78, 5) is 22.7. The van der Waals surface area contributed by atoms with Crippen molar-refractivity contribution in [2.45, 2.75) is 31.9 Å². The van der Waals surface area contributed by atoms with E-state index in [4.69, 9.17) is 0 Å². The Labute approximate surface area is 204 Å². The molecule has 2 N–H and O–H groups in total. The van der Waals surface area contributed by atoms with Gasteiger partial charge in [0.05, 0.1) is 12.4 Å². The first-order valence-corrected chi connectivity index (χ1v) is 11.5. The van der Waals surface area contributed by atoms with E-state index in [2.05, 4.69) is 25.5 Å². The van der Waals surface area contributed by atoms with Gasteiger partial charge in [-0.2, -0.15) is 5.10 Å². The zero-order valence-corrected chi connectivity index (χ0v) is 19.0. The molecule has 2 aliphatic rings. The smallest absolute Gasteiger partial charge is 0.249 e. The first-order valence-electron chi connectivity index (χ1n) is 11.5. The topological polar surface area (TPSA) is 86.8 Å². The van der Waals surface area contributed by atoms with Crippen LogP contribution in [0.2, 0.25) is 0 Å². The quantitative estimate of drug-likeness (QED) is 0.396. The number of nitrogens with one attached hydrogen (secondary N) is 2. The van der Waals surface area contributed by atoms with Gasteiger partial charge in [0, 0.05) is 54.9 Å². The summed E-state index contributed by atoms with van der Waals surface area (Å²) in [6.45, 7) is 0.738. The third-order valence-electron chi connectivity index (χ3n) is 6.66. The van der Waals surface area contributed by atoms with Gasteiger partial charge in [-0.05, 0) is 34.9 Å². The third-order valence-corrected chi connectivity index (χ3v) is 6.66. The van der Waals surface area contributed by atoms with Crippen LogP contribution in [-0.2, 0) is 17.9 Å². The average molecular weight is 490 g/mol. The Balaban J connectivity index is 1.18. The minimum absolute atomic E-state index is 0.0410. The predicted octanol–water partition coefficient (Wildman–Crippen LogP) is 5.30. The summed E-state index contributed by atoms with van der Waals surface area (Å²) in [5.41, 5.74) is 5.11. The van der Waals surface area contributed by atoms with Gasteiger partial charge in [0.15, 0.2) is 17.5 Å². The van der Waals surface area contributed by atoms with Crippen molar-refractivity contribution in [3.05, 3.63) is 78.0 Å². The molecule has 1 aliphatic carbocycles. The maximum Gasteiger partial charge on any atom is 0.249 e. The highest BCUT2D eigenvalue weighted by Gasteiger charge is 2.50. The Hall–Kier alpha value is -4.21. The number of aromatic nitrogens is 4. The average Bonchev–Trinajstić information content (AvgIpc) is 3.54. The van der Waals surface area contributed by atoms with Gasteiger partial charge in [0.2, 0.25) is 11.8 Å². The molecular formula is C26H21F3N6O. The number of fused-ring (bicyclic) bond motifs is 1. The zero-order valence-electron chi connectivity index (χ0n) is 19.0. The van der Waals surface area contributed by atoms with Gasteiger partial charge in [0.25, 0.3) is 0 Å². The van der Waals surface area contributed by atoms with E-state index in [0.29, 0.717) is 30.2 Å². The summed E-state index contributed by atoms with van der Waals surface area (Å²) < 4.78 is 40.9. The van der Waals surface area contributed by atoms with Crippen molar-refractivity contribution in [2.24, 2.45) is 5.92 Å². The molecule has 10 heteroatoms. The van der Waals surface area contributed by atoms with Crippen molar-refractivity contribution in [3.8, 4) is 22.5 Å². The number of benzene rings is 2. The molecular weight excluding hydrogens is 469 g/mol. The van der Waals surface area contributed by atoms with Crippen LogP contribution in [0.1, 0.15) is 24.0 Å². The largest absolute Gasteiger partial charge is 0.338 e. The van der Waals surface area contributed by atoms with E-state index in [0.717, 1.165) is 28.5 Å². The molecule has 182 valence electrons. The Morgan fingerprint density at radius 2 is 1.75 bits per heavy atom. The second-order valence-electron chi connectivity index (χ2n) is 9.22. The Morgan fingerprint density at radius 3 is 2.47 bits per heavy atom. The molecule has 1 aliphatic heterocycles. The van der Waals surface area contributed by atoms with Crippen LogP contribution in [0.3, 0.4) is 0 Å². The van der Waals surface area contributed by atoms with Crippen molar-refractivity contribution in [1.82, 2.24) is 25.1 Å². The number of anilines is 2. The number of carbonyl (C=O) groups excluding carboxylic acids is 1. The van der Waals surface area contributed by atoms with E-state index >= 15 is 0 Å². The summed E-state index contributed by atoms with van der Waals surface area (Å²) in [7, 11) is 0. The van der Waals surface area contributed by atoms with Crippen molar-refractivity contribution < 1.29 is 18.0 Å². The van der Waals surface area contributed by atoms with Gasteiger partial charge in [-0.15, -0.1) is 0 Å². The molecule has 0 unspecified atom stereocenters. The molecule has 3 heterocycles. The predicted molar refractivity (Wildman–Crippen MR) is 127 cm³/mol. The van der Waals surface area contributed by atoms with E-state index in [-0.39, 0.29) is 24.6 Å². The zero-order chi connectivity index (χ0) is 24.9. The highest BCUT2D eigenvalue weighted by atomic mass is 19.3. The van der Waals surface area contributed by atoms with Crippen LogP contribution >= 0.6 is 0 Å². The number of aromatic amines is 1. The van der Waals surface area contributed by atoms with Gasteiger partial charge in [0.1, 0.15) is 0 Å². The standard InChI is InChI=1S/C26H21F3N6O/c27-22-12-30-23(34-24(22)33-21-5-3-15(4-6-21)20-10-31-32-11-20)16-1-2-17-13-35(14-18(17)7-16)25(36)19-8-26(28,29)9-19/h1-7,10-12,19H,8-9,13-14H2,(H,31,32)(H,30,33,34). The molecule has 1 saturated carbocycles. The monoisotopic (exact) mass is 490 g/mol.